The Labute approximate surface area is 123 Å². The molecule has 1 aliphatic rings. The quantitative estimate of drug-likeness (QED) is 0.898. The molecular weight excluding hydrogens is 304 g/mol. The van der Waals surface area contributed by atoms with Crippen molar-refractivity contribution in [2.45, 2.75) is 44.7 Å². The molecule has 0 saturated heterocycles. The normalized spacial score (nSPS) is 27.0. The minimum Gasteiger partial charge on any atom is -0.350 e. The highest BCUT2D eigenvalue weighted by Gasteiger charge is 2.37. The molecular formula is C15H21BrN2O. The van der Waals surface area contributed by atoms with Crippen LogP contribution < -0.4 is 11.1 Å². The van der Waals surface area contributed by atoms with Gasteiger partial charge >= 0.3 is 0 Å². The van der Waals surface area contributed by atoms with Crippen LogP contribution in [0.25, 0.3) is 0 Å². The van der Waals surface area contributed by atoms with Crippen molar-refractivity contribution >= 4 is 21.8 Å². The molecule has 2 atom stereocenters. The molecule has 1 fully saturated rings. The van der Waals surface area contributed by atoms with Crippen molar-refractivity contribution in [2.24, 2.45) is 11.7 Å². The van der Waals surface area contributed by atoms with Crippen LogP contribution in [-0.4, -0.2) is 11.4 Å². The average molecular weight is 325 g/mol. The zero-order valence-corrected chi connectivity index (χ0v) is 12.9. The van der Waals surface area contributed by atoms with Crippen molar-refractivity contribution < 1.29 is 4.79 Å². The summed E-state index contributed by atoms with van der Waals surface area (Å²) < 4.78 is 1.04. The smallest absolute Gasteiger partial charge is 0.240 e. The van der Waals surface area contributed by atoms with Gasteiger partial charge in [-0.05, 0) is 36.5 Å². The highest BCUT2D eigenvalue weighted by atomic mass is 79.9. The number of hydrogen-bond acceptors (Lipinski definition) is 2. The summed E-state index contributed by atoms with van der Waals surface area (Å²) in [5.41, 5.74) is 6.68. The van der Waals surface area contributed by atoms with Crippen molar-refractivity contribution in [1.82, 2.24) is 5.32 Å². The standard InChI is InChI=1S/C15H21BrN2O/c1-11-3-2-8-15(17,9-11)14(19)18-10-12-4-6-13(16)7-5-12/h4-7,11H,2-3,8-10,17H2,1H3,(H,18,19). The minimum atomic E-state index is -0.674. The Bertz CT molecular complexity index is 446. The van der Waals surface area contributed by atoms with Gasteiger partial charge in [0.2, 0.25) is 5.91 Å². The van der Waals surface area contributed by atoms with Gasteiger partial charge in [-0.15, -0.1) is 0 Å². The third-order valence-corrected chi connectivity index (χ3v) is 4.38. The number of halogens is 1. The Morgan fingerprint density at radius 1 is 1.47 bits per heavy atom. The lowest BCUT2D eigenvalue weighted by Gasteiger charge is -2.35. The van der Waals surface area contributed by atoms with E-state index in [0.717, 1.165) is 29.3 Å². The van der Waals surface area contributed by atoms with E-state index in [1.165, 1.54) is 6.42 Å². The number of carbonyl (C=O) groups excluding carboxylic acids is 1. The molecule has 0 aromatic heterocycles. The summed E-state index contributed by atoms with van der Waals surface area (Å²) in [6.07, 6.45) is 3.81. The van der Waals surface area contributed by atoms with Crippen LogP contribution in [0.15, 0.2) is 28.7 Å². The van der Waals surface area contributed by atoms with E-state index in [-0.39, 0.29) is 5.91 Å². The summed E-state index contributed by atoms with van der Waals surface area (Å²) in [7, 11) is 0. The van der Waals surface area contributed by atoms with Crippen molar-refractivity contribution in [1.29, 1.82) is 0 Å². The molecule has 3 N–H and O–H groups in total. The highest BCUT2D eigenvalue weighted by molar-refractivity contribution is 9.10. The molecule has 1 amide bonds. The fraction of sp³-hybridized carbons (Fsp3) is 0.533. The Hall–Kier alpha value is -0.870. The number of nitrogens with one attached hydrogen (secondary N) is 1. The number of nitrogens with two attached hydrogens (primary N) is 1. The van der Waals surface area contributed by atoms with Gasteiger partial charge in [0.25, 0.3) is 0 Å². The molecule has 2 unspecified atom stereocenters. The maximum Gasteiger partial charge on any atom is 0.240 e. The lowest BCUT2D eigenvalue weighted by molar-refractivity contribution is -0.128. The molecule has 1 aromatic carbocycles. The first-order valence-corrected chi connectivity index (χ1v) is 7.60. The Kier molecular flexibility index (Phi) is 4.63. The number of rotatable bonds is 3. The molecule has 1 aliphatic carbocycles. The Morgan fingerprint density at radius 2 is 2.16 bits per heavy atom. The van der Waals surface area contributed by atoms with Crippen molar-refractivity contribution in [2.75, 3.05) is 0 Å². The number of carbonyl (C=O) groups is 1. The average Bonchev–Trinajstić information content (AvgIpc) is 2.37. The second-order valence-electron chi connectivity index (χ2n) is 5.67. The number of benzene rings is 1. The predicted octanol–water partition coefficient (Wildman–Crippen LogP) is 2.97. The topological polar surface area (TPSA) is 55.1 Å². The van der Waals surface area contributed by atoms with Crippen molar-refractivity contribution in [3.8, 4) is 0 Å². The number of amides is 1. The second kappa shape index (κ2) is 6.06. The molecule has 0 heterocycles. The monoisotopic (exact) mass is 324 g/mol. The molecule has 0 spiro atoms. The summed E-state index contributed by atoms with van der Waals surface area (Å²) in [4.78, 5) is 12.3. The van der Waals surface area contributed by atoms with Crippen LogP contribution in [0.3, 0.4) is 0 Å². The lowest BCUT2D eigenvalue weighted by atomic mass is 9.76. The molecule has 0 radical (unpaired) electrons. The summed E-state index contributed by atoms with van der Waals surface area (Å²) in [6, 6.07) is 7.94. The molecule has 104 valence electrons. The summed E-state index contributed by atoms with van der Waals surface area (Å²) in [5, 5.41) is 2.97. The van der Waals surface area contributed by atoms with Gasteiger partial charge in [-0.2, -0.15) is 0 Å². The first-order valence-electron chi connectivity index (χ1n) is 6.81. The van der Waals surface area contributed by atoms with E-state index in [9.17, 15) is 4.79 Å². The van der Waals surface area contributed by atoms with Crippen LogP contribution in [0.5, 0.6) is 0 Å². The predicted molar refractivity (Wildman–Crippen MR) is 80.5 cm³/mol. The molecule has 3 nitrogen and oxygen atoms in total. The maximum atomic E-state index is 12.3. The SMILES string of the molecule is CC1CCCC(N)(C(=O)NCc2ccc(Br)cc2)C1. The largest absolute Gasteiger partial charge is 0.350 e. The van der Waals surface area contributed by atoms with E-state index in [0.29, 0.717) is 12.5 Å². The van der Waals surface area contributed by atoms with Crippen molar-refractivity contribution in [3.05, 3.63) is 34.3 Å². The Morgan fingerprint density at radius 3 is 2.79 bits per heavy atom. The maximum absolute atomic E-state index is 12.3. The second-order valence-corrected chi connectivity index (χ2v) is 6.58. The van der Waals surface area contributed by atoms with E-state index in [1.54, 1.807) is 0 Å². The van der Waals surface area contributed by atoms with Gasteiger partial charge in [0, 0.05) is 11.0 Å². The van der Waals surface area contributed by atoms with Crippen LogP contribution >= 0.6 is 15.9 Å². The molecule has 4 heteroatoms. The van der Waals surface area contributed by atoms with Crippen LogP contribution in [-0.2, 0) is 11.3 Å². The Balaban J connectivity index is 1.91. The summed E-state index contributed by atoms with van der Waals surface area (Å²) >= 11 is 3.40. The van der Waals surface area contributed by atoms with E-state index >= 15 is 0 Å². The molecule has 0 aliphatic heterocycles. The van der Waals surface area contributed by atoms with Gasteiger partial charge in [-0.1, -0.05) is 47.8 Å². The van der Waals surface area contributed by atoms with E-state index in [4.69, 9.17) is 5.73 Å². The molecule has 1 saturated carbocycles. The highest BCUT2D eigenvalue weighted by Crippen LogP contribution is 2.30. The van der Waals surface area contributed by atoms with Crippen LogP contribution in [0.4, 0.5) is 0 Å². The van der Waals surface area contributed by atoms with Crippen LogP contribution in [0.2, 0.25) is 0 Å². The summed E-state index contributed by atoms with van der Waals surface area (Å²) in [5.74, 6) is 0.527. The molecule has 19 heavy (non-hydrogen) atoms. The van der Waals surface area contributed by atoms with E-state index in [1.807, 2.05) is 24.3 Å². The first kappa shape index (κ1) is 14.5. The van der Waals surface area contributed by atoms with Crippen LogP contribution in [0.1, 0.15) is 38.2 Å². The van der Waals surface area contributed by atoms with Gasteiger partial charge < -0.3 is 11.1 Å². The van der Waals surface area contributed by atoms with E-state index < -0.39 is 5.54 Å². The fourth-order valence-corrected chi connectivity index (χ4v) is 3.02. The van der Waals surface area contributed by atoms with Gasteiger partial charge in [0.05, 0.1) is 5.54 Å². The van der Waals surface area contributed by atoms with E-state index in [2.05, 4.69) is 28.2 Å². The third-order valence-electron chi connectivity index (χ3n) is 3.85. The van der Waals surface area contributed by atoms with Gasteiger partial charge in [0.15, 0.2) is 0 Å². The lowest BCUT2D eigenvalue weighted by Crippen LogP contribution is -2.56. The fourth-order valence-electron chi connectivity index (χ4n) is 2.76. The minimum absolute atomic E-state index is 0.0121. The molecule has 2 rings (SSSR count). The summed E-state index contributed by atoms with van der Waals surface area (Å²) in [6.45, 7) is 2.71. The van der Waals surface area contributed by atoms with Crippen LogP contribution in [0, 0.1) is 5.92 Å². The third kappa shape index (κ3) is 3.80. The zero-order chi connectivity index (χ0) is 13.9. The van der Waals surface area contributed by atoms with Gasteiger partial charge in [-0.3, -0.25) is 4.79 Å². The van der Waals surface area contributed by atoms with Gasteiger partial charge in [-0.25, -0.2) is 0 Å². The number of hydrogen-bond donors (Lipinski definition) is 2. The zero-order valence-electron chi connectivity index (χ0n) is 11.3. The molecule has 1 aromatic rings. The van der Waals surface area contributed by atoms with Gasteiger partial charge in [0.1, 0.15) is 0 Å². The first-order chi connectivity index (χ1) is 8.99. The molecule has 0 bridgehead atoms. The van der Waals surface area contributed by atoms with Crippen molar-refractivity contribution in [3.63, 3.8) is 0 Å².